The molecule has 1 aliphatic rings. The van der Waals surface area contributed by atoms with Crippen molar-refractivity contribution in [2.45, 2.75) is 26.7 Å². The Kier molecular flexibility index (Phi) is 3.11. The van der Waals surface area contributed by atoms with Crippen LogP contribution >= 0.6 is 11.3 Å². The molecule has 0 saturated heterocycles. The van der Waals surface area contributed by atoms with E-state index >= 15 is 0 Å². The predicted octanol–water partition coefficient (Wildman–Crippen LogP) is 3.07. The second-order valence-corrected chi connectivity index (χ2v) is 6.05. The molecule has 0 radical (unpaired) electrons. The van der Waals surface area contributed by atoms with Crippen molar-refractivity contribution in [2.24, 2.45) is 0 Å². The smallest absolute Gasteiger partial charge is 0.217 e. The van der Waals surface area contributed by atoms with E-state index in [1.165, 1.54) is 21.4 Å². The molecule has 0 saturated carbocycles. The number of nitrogens with one attached hydrogen (secondary N) is 1. The zero-order chi connectivity index (χ0) is 13.4. The molecular formula is C15H16N2OS. The van der Waals surface area contributed by atoms with Crippen LogP contribution in [0.15, 0.2) is 18.2 Å². The number of carbonyl (C=O) groups excluding carboxylic acids is 1. The molecule has 3 rings (SSSR count). The van der Waals surface area contributed by atoms with Gasteiger partial charge in [-0.25, -0.2) is 4.98 Å². The van der Waals surface area contributed by atoms with Gasteiger partial charge in [-0.15, -0.1) is 11.3 Å². The molecule has 1 heterocycles. The topological polar surface area (TPSA) is 42.0 Å². The maximum Gasteiger partial charge on any atom is 0.217 e. The summed E-state index contributed by atoms with van der Waals surface area (Å²) in [5.74, 6) is 0.0157. The summed E-state index contributed by atoms with van der Waals surface area (Å²) in [5, 5.41) is 3.94. The third-order valence-electron chi connectivity index (χ3n) is 3.44. The summed E-state index contributed by atoms with van der Waals surface area (Å²) in [6.07, 6.45) is 4.29. The van der Waals surface area contributed by atoms with Gasteiger partial charge in [0.2, 0.25) is 5.91 Å². The van der Waals surface area contributed by atoms with E-state index in [1.807, 2.05) is 6.92 Å². The summed E-state index contributed by atoms with van der Waals surface area (Å²) >= 11 is 1.76. The second kappa shape index (κ2) is 4.78. The number of amides is 1. The van der Waals surface area contributed by atoms with E-state index in [-0.39, 0.29) is 5.91 Å². The van der Waals surface area contributed by atoms with Gasteiger partial charge in [-0.1, -0.05) is 12.1 Å². The Hall–Kier alpha value is -1.68. The van der Waals surface area contributed by atoms with Crippen LogP contribution in [-0.4, -0.2) is 17.4 Å². The maximum atomic E-state index is 10.9. The van der Waals surface area contributed by atoms with Crippen molar-refractivity contribution in [2.75, 3.05) is 6.54 Å². The minimum atomic E-state index is 0.0157. The number of nitrogens with zero attached hydrogens (tertiary/aromatic N) is 1. The van der Waals surface area contributed by atoms with E-state index in [0.29, 0.717) is 6.54 Å². The number of aromatic nitrogens is 1. The number of carbonyl (C=O) groups is 1. The number of hydrogen-bond acceptors (Lipinski definition) is 3. The van der Waals surface area contributed by atoms with Gasteiger partial charge in [0.05, 0.1) is 15.2 Å². The molecule has 98 valence electrons. The highest BCUT2D eigenvalue weighted by Gasteiger charge is 2.20. The average molecular weight is 272 g/mol. The molecule has 3 nitrogen and oxygen atoms in total. The molecule has 0 fully saturated rings. The van der Waals surface area contributed by atoms with Gasteiger partial charge in [0, 0.05) is 19.0 Å². The van der Waals surface area contributed by atoms with Crippen molar-refractivity contribution in [3.05, 3.63) is 34.3 Å². The molecule has 4 heteroatoms. The second-order valence-electron chi connectivity index (χ2n) is 4.85. The quantitative estimate of drug-likeness (QED) is 0.913. The Bertz CT molecular complexity index is 685. The van der Waals surface area contributed by atoms with Crippen LogP contribution in [0.3, 0.4) is 0 Å². The zero-order valence-corrected chi connectivity index (χ0v) is 11.9. The van der Waals surface area contributed by atoms with Crippen molar-refractivity contribution in [3.8, 4) is 0 Å². The van der Waals surface area contributed by atoms with Crippen LogP contribution < -0.4 is 5.32 Å². The van der Waals surface area contributed by atoms with E-state index in [4.69, 9.17) is 0 Å². The first-order valence-electron chi connectivity index (χ1n) is 6.48. The predicted molar refractivity (Wildman–Crippen MR) is 79.3 cm³/mol. The molecule has 1 aromatic carbocycles. The Morgan fingerprint density at radius 3 is 3.11 bits per heavy atom. The zero-order valence-electron chi connectivity index (χ0n) is 11.1. The summed E-state index contributed by atoms with van der Waals surface area (Å²) in [5.41, 5.74) is 5.20. The van der Waals surface area contributed by atoms with Crippen molar-refractivity contribution in [1.29, 1.82) is 0 Å². The summed E-state index contributed by atoms with van der Waals surface area (Å²) in [6, 6.07) is 4.31. The SMILES string of the molecule is CC(=O)NC/C=C1/CCc2ccc3nc(C)sc3c21. The Labute approximate surface area is 116 Å². The van der Waals surface area contributed by atoms with Gasteiger partial charge >= 0.3 is 0 Å². The van der Waals surface area contributed by atoms with Gasteiger partial charge in [-0.2, -0.15) is 0 Å². The number of allylic oxidation sites excluding steroid dienone is 1. The first kappa shape index (κ1) is 12.4. The fourth-order valence-electron chi connectivity index (χ4n) is 2.62. The van der Waals surface area contributed by atoms with E-state index in [0.717, 1.165) is 23.4 Å². The van der Waals surface area contributed by atoms with Crippen molar-refractivity contribution in [3.63, 3.8) is 0 Å². The molecule has 1 aliphatic carbocycles. The third-order valence-corrected chi connectivity index (χ3v) is 4.44. The molecule has 0 spiro atoms. The highest BCUT2D eigenvalue weighted by atomic mass is 32.1. The molecular weight excluding hydrogens is 256 g/mol. The number of thiazole rings is 1. The Balaban J connectivity index is 2.02. The monoisotopic (exact) mass is 272 g/mol. The lowest BCUT2D eigenvalue weighted by Crippen LogP contribution is -2.19. The van der Waals surface area contributed by atoms with Crippen LogP contribution in [0.5, 0.6) is 0 Å². The molecule has 1 N–H and O–H groups in total. The first-order valence-corrected chi connectivity index (χ1v) is 7.29. The number of rotatable bonds is 2. The van der Waals surface area contributed by atoms with Crippen molar-refractivity contribution >= 4 is 33.0 Å². The highest BCUT2D eigenvalue weighted by molar-refractivity contribution is 7.18. The largest absolute Gasteiger partial charge is 0.353 e. The van der Waals surface area contributed by atoms with Crippen molar-refractivity contribution in [1.82, 2.24) is 10.3 Å². The molecule has 1 amide bonds. The van der Waals surface area contributed by atoms with Gasteiger partial charge in [-0.05, 0) is 37.0 Å². The lowest BCUT2D eigenvalue weighted by atomic mass is 10.1. The maximum absolute atomic E-state index is 10.9. The summed E-state index contributed by atoms with van der Waals surface area (Å²) in [7, 11) is 0. The van der Waals surface area contributed by atoms with E-state index < -0.39 is 0 Å². The average Bonchev–Trinajstić information content (AvgIpc) is 2.90. The van der Waals surface area contributed by atoms with Gasteiger partial charge in [0.15, 0.2) is 0 Å². The minimum Gasteiger partial charge on any atom is -0.353 e. The molecule has 1 aromatic heterocycles. The van der Waals surface area contributed by atoms with Crippen LogP contribution in [0.1, 0.15) is 29.5 Å². The van der Waals surface area contributed by atoms with Crippen LogP contribution in [0, 0.1) is 6.92 Å². The van der Waals surface area contributed by atoms with E-state index in [9.17, 15) is 4.79 Å². The molecule has 0 atom stereocenters. The van der Waals surface area contributed by atoms with Crippen LogP contribution in [0.4, 0.5) is 0 Å². The number of benzene rings is 1. The Morgan fingerprint density at radius 2 is 2.32 bits per heavy atom. The highest BCUT2D eigenvalue weighted by Crippen LogP contribution is 2.39. The van der Waals surface area contributed by atoms with E-state index in [2.05, 4.69) is 28.5 Å². The lowest BCUT2D eigenvalue weighted by Gasteiger charge is -2.03. The standard InChI is InChI=1S/C15H16N2OS/c1-9(18)16-8-7-12-4-3-11-5-6-13-15(14(11)12)19-10(2)17-13/h5-7H,3-4,8H2,1-2H3,(H,16,18)/b12-7-. The molecule has 0 bridgehead atoms. The lowest BCUT2D eigenvalue weighted by molar-refractivity contribution is -0.118. The van der Waals surface area contributed by atoms with Crippen LogP contribution in [0.25, 0.3) is 15.8 Å². The number of hydrogen-bond donors (Lipinski definition) is 1. The van der Waals surface area contributed by atoms with Gasteiger partial charge in [0.1, 0.15) is 0 Å². The third kappa shape index (κ3) is 2.28. The summed E-state index contributed by atoms with van der Waals surface area (Å²) < 4.78 is 1.29. The molecule has 0 aliphatic heterocycles. The van der Waals surface area contributed by atoms with Gasteiger partial charge in [-0.3, -0.25) is 4.79 Å². The minimum absolute atomic E-state index is 0.0157. The first-order chi connectivity index (χ1) is 9.15. The fourth-order valence-corrected chi connectivity index (χ4v) is 3.64. The summed E-state index contributed by atoms with van der Waals surface area (Å²) in [4.78, 5) is 15.5. The number of aryl methyl sites for hydroxylation is 2. The van der Waals surface area contributed by atoms with Crippen molar-refractivity contribution < 1.29 is 4.79 Å². The van der Waals surface area contributed by atoms with Crippen LogP contribution in [-0.2, 0) is 11.2 Å². The normalized spacial score (nSPS) is 16.0. The van der Waals surface area contributed by atoms with Gasteiger partial charge in [0.25, 0.3) is 0 Å². The summed E-state index contributed by atoms with van der Waals surface area (Å²) in [6.45, 7) is 4.21. The molecule has 19 heavy (non-hydrogen) atoms. The van der Waals surface area contributed by atoms with Gasteiger partial charge < -0.3 is 5.32 Å². The fraction of sp³-hybridized carbons (Fsp3) is 0.333. The molecule has 0 unspecified atom stereocenters. The Morgan fingerprint density at radius 1 is 1.47 bits per heavy atom. The molecule has 2 aromatic rings. The van der Waals surface area contributed by atoms with E-state index in [1.54, 1.807) is 18.3 Å². The van der Waals surface area contributed by atoms with Crippen LogP contribution in [0.2, 0.25) is 0 Å². The number of fused-ring (bicyclic) bond motifs is 3.